The monoisotopic (exact) mass is 642 g/mol. The second-order valence-corrected chi connectivity index (χ2v) is 11.8. The highest BCUT2D eigenvalue weighted by atomic mass is 35.5. The van der Waals surface area contributed by atoms with E-state index in [2.05, 4.69) is 19.9 Å². The standard InChI is InChI=1S/C31H33ClF2N6O5/c1-5-43-29(42)26-24(36-25-9-7-19(16-40(25)26)28(41)45-31(2,3)4)17-38-10-12-39(13-11-38)30-35-15-23(34)27(37-30)44-18-20-6-8-21(32)14-22(20)33/h6-9,14-16H,5,10-13,17-18H2,1-4H3. The van der Waals surface area contributed by atoms with E-state index in [-0.39, 0.29) is 46.9 Å². The molecule has 1 aliphatic heterocycles. The minimum atomic E-state index is -0.764. The van der Waals surface area contributed by atoms with Gasteiger partial charge in [-0.3, -0.25) is 9.30 Å². The third-order valence-corrected chi connectivity index (χ3v) is 7.14. The molecule has 0 atom stereocenters. The Bertz CT molecular complexity index is 1720. The molecule has 0 saturated carbocycles. The van der Waals surface area contributed by atoms with Crippen molar-refractivity contribution in [2.45, 2.75) is 46.4 Å². The Morgan fingerprint density at radius 1 is 1.00 bits per heavy atom. The molecule has 0 N–H and O–H groups in total. The maximum absolute atomic E-state index is 14.4. The highest BCUT2D eigenvalue weighted by molar-refractivity contribution is 6.30. The van der Waals surface area contributed by atoms with E-state index in [1.54, 1.807) is 44.2 Å². The number of aromatic nitrogens is 4. The van der Waals surface area contributed by atoms with E-state index in [4.69, 9.17) is 25.8 Å². The van der Waals surface area contributed by atoms with Gasteiger partial charge in [0.1, 0.15) is 23.7 Å². The predicted octanol–water partition coefficient (Wildman–Crippen LogP) is 5.09. The lowest BCUT2D eigenvalue weighted by molar-refractivity contribution is 0.00684. The quantitative estimate of drug-likeness (QED) is 0.229. The molecule has 238 valence electrons. The Morgan fingerprint density at radius 2 is 1.76 bits per heavy atom. The molecular weight excluding hydrogens is 610 g/mol. The number of hydrogen-bond acceptors (Lipinski definition) is 10. The number of hydrogen-bond donors (Lipinski definition) is 0. The third-order valence-electron chi connectivity index (χ3n) is 6.90. The summed E-state index contributed by atoms with van der Waals surface area (Å²) in [7, 11) is 0. The smallest absolute Gasteiger partial charge is 0.357 e. The first-order chi connectivity index (χ1) is 21.4. The number of imidazole rings is 1. The fourth-order valence-electron chi connectivity index (χ4n) is 4.78. The topological polar surface area (TPSA) is 111 Å². The summed E-state index contributed by atoms with van der Waals surface area (Å²) in [6.07, 6.45) is 2.56. The van der Waals surface area contributed by atoms with E-state index in [1.165, 1.54) is 18.3 Å². The molecule has 0 aliphatic carbocycles. The van der Waals surface area contributed by atoms with Crippen LogP contribution in [-0.2, 0) is 22.6 Å². The normalized spacial score (nSPS) is 14.1. The van der Waals surface area contributed by atoms with Gasteiger partial charge in [-0.2, -0.15) is 9.37 Å². The molecule has 4 aromatic rings. The Kier molecular flexibility index (Phi) is 9.49. The van der Waals surface area contributed by atoms with Crippen molar-refractivity contribution in [2.24, 2.45) is 0 Å². The Labute approximate surface area is 263 Å². The molecule has 0 spiro atoms. The second-order valence-electron chi connectivity index (χ2n) is 11.4. The lowest BCUT2D eigenvalue weighted by atomic mass is 10.2. The number of pyridine rings is 1. The van der Waals surface area contributed by atoms with Crippen LogP contribution in [0.15, 0.2) is 42.7 Å². The number of anilines is 1. The minimum Gasteiger partial charge on any atom is -0.470 e. The third kappa shape index (κ3) is 7.66. The summed E-state index contributed by atoms with van der Waals surface area (Å²) in [5.74, 6) is -2.40. The van der Waals surface area contributed by atoms with Crippen molar-refractivity contribution >= 4 is 35.1 Å². The van der Waals surface area contributed by atoms with Gasteiger partial charge in [0.05, 0.1) is 24.1 Å². The molecule has 45 heavy (non-hydrogen) atoms. The first-order valence-electron chi connectivity index (χ1n) is 14.4. The summed E-state index contributed by atoms with van der Waals surface area (Å²) < 4.78 is 46.4. The summed E-state index contributed by atoms with van der Waals surface area (Å²) in [6, 6.07) is 7.42. The SMILES string of the molecule is CCOC(=O)c1c(CN2CCN(c3ncc(F)c(OCc4ccc(Cl)cc4F)n3)CC2)nc2ccc(C(=O)OC(C)(C)C)cn12. The van der Waals surface area contributed by atoms with Crippen LogP contribution in [0.4, 0.5) is 14.7 Å². The van der Waals surface area contributed by atoms with Gasteiger partial charge < -0.3 is 19.1 Å². The van der Waals surface area contributed by atoms with Crippen LogP contribution in [0.1, 0.15) is 59.8 Å². The first-order valence-corrected chi connectivity index (χ1v) is 14.8. The van der Waals surface area contributed by atoms with Gasteiger partial charge in [-0.05, 0) is 52.0 Å². The van der Waals surface area contributed by atoms with Crippen molar-refractivity contribution < 1.29 is 32.6 Å². The highest BCUT2D eigenvalue weighted by Crippen LogP contribution is 2.23. The fraction of sp³-hybridized carbons (Fsp3) is 0.387. The van der Waals surface area contributed by atoms with Crippen molar-refractivity contribution in [3.63, 3.8) is 0 Å². The first kappa shape index (κ1) is 32.0. The van der Waals surface area contributed by atoms with Crippen LogP contribution in [0.2, 0.25) is 5.02 Å². The molecule has 5 rings (SSSR count). The van der Waals surface area contributed by atoms with Crippen molar-refractivity contribution in [1.29, 1.82) is 0 Å². The van der Waals surface area contributed by atoms with Gasteiger partial charge in [-0.25, -0.2) is 23.9 Å². The van der Waals surface area contributed by atoms with Gasteiger partial charge in [0.15, 0.2) is 5.69 Å². The number of fused-ring (bicyclic) bond motifs is 1. The maximum atomic E-state index is 14.4. The molecule has 1 aliphatic rings. The molecule has 0 amide bonds. The molecule has 1 aromatic carbocycles. The Morgan fingerprint density at radius 3 is 2.44 bits per heavy atom. The maximum Gasteiger partial charge on any atom is 0.357 e. The van der Waals surface area contributed by atoms with Gasteiger partial charge in [-0.15, -0.1) is 0 Å². The van der Waals surface area contributed by atoms with Crippen molar-refractivity contribution in [3.05, 3.63) is 81.9 Å². The van der Waals surface area contributed by atoms with Gasteiger partial charge in [0, 0.05) is 49.5 Å². The van der Waals surface area contributed by atoms with Crippen molar-refractivity contribution in [1.82, 2.24) is 24.3 Å². The zero-order valence-corrected chi connectivity index (χ0v) is 26.1. The van der Waals surface area contributed by atoms with Crippen LogP contribution >= 0.6 is 11.6 Å². The molecule has 11 nitrogen and oxygen atoms in total. The van der Waals surface area contributed by atoms with Crippen LogP contribution in [0.3, 0.4) is 0 Å². The van der Waals surface area contributed by atoms with Crippen LogP contribution < -0.4 is 9.64 Å². The fourth-order valence-corrected chi connectivity index (χ4v) is 4.93. The van der Waals surface area contributed by atoms with E-state index in [0.29, 0.717) is 44.1 Å². The van der Waals surface area contributed by atoms with Crippen LogP contribution in [0.5, 0.6) is 5.88 Å². The minimum absolute atomic E-state index is 0.175. The van der Waals surface area contributed by atoms with Crippen LogP contribution in [0.25, 0.3) is 5.65 Å². The number of nitrogens with zero attached hydrogens (tertiary/aromatic N) is 6. The summed E-state index contributed by atoms with van der Waals surface area (Å²) >= 11 is 5.80. The van der Waals surface area contributed by atoms with Crippen molar-refractivity contribution in [3.8, 4) is 5.88 Å². The highest BCUT2D eigenvalue weighted by Gasteiger charge is 2.27. The molecule has 3 aromatic heterocycles. The summed E-state index contributed by atoms with van der Waals surface area (Å²) in [6.45, 7) is 9.47. The predicted molar refractivity (Wildman–Crippen MR) is 162 cm³/mol. The average Bonchev–Trinajstić information content (AvgIpc) is 3.34. The van der Waals surface area contributed by atoms with Crippen LogP contribution in [0, 0.1) is 11.6 Å². The van der Waals surface area contributed by atoms with Crippen molar-refractivity contribution in [2.75, 3.05) is 37.7 Å². The number of piperazine rings is 1. The summed E-state index contributed by atoms with van der Waals surface area (Å²) in [4.78, 5) is 42.8. The zero-order chi connectivity index (χ0) is 32.3. The number of carbonyl (C=O) groups excluding carboxylic acids is 2. The number of benzene rings is 1. The number of halogens is 3. The van der Waals surface area contributed by atoms with E-state index in [1.807, 2.05) is 4.90 Å². The van der Waals surface area contributed by atoms with Gasteiger partial charge in [0.2, 0.25) is 11.8 Å². The Balaban J connectivity index is 1.28. The molecule has 0 unspecified atom stereocenters. The number of carbonyl (C=O) groups is 2. The molecular formula is C31H33ClF2N6O5. The molecule has 1 fully saturated rings. The van der Waals surface area contributed by atoms with Crippen LogP contribution in [-0.4, -0.2) is 74.6 Å². The molecule has 0 bridgehead atoms. The average molecular weight is 643 g/mol. The number of esters is 2. The lowest BCUT2D eigenvalue weighted by Crippen LogP contribution is -2.46. The van der Waals surface area contributed by atoms with E-state index >= 15 is 0 Å². The molecule has 14 heteroatoms. The molecule has 4 heterocycles. The lowest BCUT2D eigenvalue weighted by Gasteiger charge is -2.34. The summed E-state index contributed by atoms with van der Waals surface area (Å²) in [5.41, 5.74) is 1.05. The van der Waals surface area contributed by atoms with E-state index in [0.717, 1.165) is 12.3 Å². The van der Waals surface area contributed by atoms with E-state index < -0.39 is 29.2 Å². The largest absolute Gasteiger partial charge is 0.470 e. The second kappa shape index (κ2) is 13.3. The number of rotatable bonds is 9. The van der Waals surface area contributed by atoms with E-state index in [9.17, 15) is 18.4 Å². The number of ether oxygens (including phenoxy) is 3. The van der Waals surface area contributed by atoms with Gasteiger partial charge >= 0.3 is 11.9 Å². The van der Waals surface area contributed by atoms with Gasteiger partial charge in [-0.1, -0.05) is 17.7 Å². The molecule has 1 saturated heterocycles. The zero-order valence-electron chi connectivity index (χ0n) is 25.3. The Hall–Kier alpha value is -4.36. The van der Waals surface area contributed by atoms with Gasteiger partial charge in [0.25, 0.3) is 5.88 Å². The molecule has 0 radical (unpaired) electrons. The summed E-state index contributed by atoms with van der Waals surface area (Å²) in [5, 5.41) is 0.247.